The monoisotopic (exact) mass is 223 g/mol. The molecule has 0 spiro atoms. The molecule has 0 aliphatic carbocycles. The summed E-state index contributed by atoms with van der Waals surface area (Å²) in [6.07, 6.45) is 0. The molecule has 0 fully saturated rings. The maximum atomic E-state index is 5.48. The lowest BCUT2D eigenvalue weighted by Gasteiger charge is -1.96. The molecule has 2 N–H and O–H groups in total. The van der Waals surface area contributed by atoms with Crippen LogP contribution in [0.3, 0.4) is 0 Å². The second-order valence-corrected chi connectivity index (χ2v) is 4.48. The van der Waals surface area contributed by atoms with Gasteiger partial charge in [0.15, 0.2) is 11.0 Å². The number of rotatable bonds is 3. The predicted molar refractivity (Wildman–Crippen MR) is 60.3 cm³/mol. The van der Waals surface area contributed by atoms with E-state index in [1.165, 1.54) is 16.4 Å². The lowest BCUT2D eigenvalue weighted by Crippen LogP contribution is -1.85. The van der Waals surface area contributed by atoms with Crippen molar-refractivity contribution in [3.8, 4) is 0 Å². The van der Waals surface area contributed by atoms with E-state index in [2.05, 4.69) is 21.5 Å². The van der Waals surface area contributed by atoms with Crippen LogP contribution in [-0.2, 0) is 5.75 Å². The molecule has 14 heavy (non-hydrogen) atoms. The Bertz CT molecular complexity index is 399. The number of benzene rings is 1. The lowest BCUT2D eigenvalue weighted by molar-refractivity contribution is 1.14. The molecule has 1 aromatic carbocycles. The first-order chi connectivity index (χ1) is 6.84. The van der Waals surface area contributed by atoms with E-state index in [4.69, 9.17) is 5.73 Å². The summed E-state index contributed by atoms with van der Waals surface area (Å²) in [5, 5.41) is 0.536. The number of thioether (sulfide) groups is 1. The summed E-state index contributed by atoms with van der Waals surface area (Å²) in [5.41, 5.74) is 5.48. The minimum Gasteiger partial charge on any atom is -0.374 e. The van der Waals surface area contributed by atoms with Crippen molar-refractivity contribution in [3.05, 3.63) is 36.2 Å². The van der Waals surface area contributed by atoms with Crippen molar-refractivity contribution in [1.29, 1.82) is 0 Å². The number of anilines is 1. The van der Waals surface area contributed by atoms with E-state index in [1.54, 1.807) is 11.8 Å². The Hall–Kier alpha value is -1.07. The summed E-state index contributed by atoms with van der Waals surface area (Å²) in [4.78, 5) is 5.31. The first-order valence-corrected chi connectivity index (χ1v) is 5.86. The van der Waals surface area contributed by atoms with Crippen molar-refractivity contribution in [3.63, 3.8) is 0 Å². The molecule has 2 rings (SSSR count). The molecule has 5 heteroatoms. The van der Waals surface area contributed by atoms with E-state index in [9.17, 15) is 0 Å². The second-order valence-electron chi connectivity index (χ2n) is 2.65. The van der Waals surface area contributed by atoms with Gasteiger partial charge in [0.05, 0.1) is 5.75 Å². The van der Waals surface area contributed by atoms with Crippen molar-refractivity contribution in [1.82, 2.24) is 9.36 Å². The fourth-order valence-corrected chi connectivity index (χ4v) is 2.30. The molecular weight excluding hydrogens is 214 g/mol. The molecule has 0 radical (unpaired) electrons. The zero-order chi connectivity index (χ0) is 9.80. The van der Waals surface area contributed by atoms with E-state index < -0.39 is 0 Å². The van der Waals surface area contributed by atoms with Crippen LogP contribution in [-0.4, -0.2) is 9.36 Å². The van der Waals surface area contributed by atoms with Crippen molar-refractivity contribution < 1.29 is 0 Å². The largest absolute Gasteiger partial charge is 0.374 e. The fraction of sp³-hybridized carbons (Fsp3) is 0.111. The van der Waals surface area contributed by atoms with Gasteiger partial charge in [-0.25, -0.2) is 4.98 Å². The molecule has 1 aromatic heterocycles. The highest BCUT2D eigenvalue weighted by Crippen LogP contribution is 2.21. The quantitative estimate of drug-likeness (QED) is 0.812. The first-order valence-electron chi connectivity index (χ1n) is 4.10. The molecule has 1 heterocycles. The first kappa shape index (κ1) is 9.48. The van der Waals surface area contributed by atoms with Crippen LogP contribution >= 0.6 is 23.3 Å². The van der Waals surface area contributed by atoms with Crippen molar-refractivity contribution in [2.75, 3.05) is 5.73 Å². The molecule has 0 unspecified atom stereocenters. The van der Waals surface area contributed by atoms with E-state index in [0.717, 1.165) is 11.6 Å². The Morgan fingerprint density at radius 2 is 2.07 bits per heavy atom. The maximum absolute atomic E-state index is 5.48. The summed E-state index contributed by atoms with van der Waals surface area (Å²) in [7, 11) is 0. The molecule has 2 aromatic rings. The summed E-state index contributed by atoms with van der Waals surface area (Å²) in [6.45, 7) is 0. The van der Waals surface area contributed by atoms with Crippen LogP contribution in [0, 0.1) is 0 Å². The number of aromatic nitrogens is 2. The van der Waals surface area contributed by atoms with Gasteiger partial charge in [-0.2, -0.15) is 4.37 Å². The molecule has 0 bridgehead atoms. The van der Waals surface area contributed by atoms with E-state index in [0.29, 0.717) is 5.13 Å². The molecule has 0 atom stereocenters. The van der Waals surface area contributed by atoms with E-state index in [1.807, 2.05) is 18.2 Å². The number of hydrogen-bond donors (Lipinski definition) is 1. The number of nitrogens with zero attached hydrogens (tertiary/aromatic N) is 2. The second kappa shape index (κ2) is 4.43. The summed E-state index contributed by atoms with van der Waals surface area (Å²) in [6, 6.07) is 10.2. The van der Waals surface area contributed by atoms with Crippen LogP contribution in [0.15, 0.2) is 35.2 Å². The van der Waals surface area contributed by atoms with Crippen LogP contribution in [0.25, 0.3) is 0 Å². The highest BCUT2D eigenvalue weighted by atomic mass is 32.2. The minimum absolute atomic E-state index is 0.536. The number of nitrogens with two attached hydrogens (primary N) is 1. The zero-order valence-electron chi connectivity index (χ0n) is 7.38. The van der Waals surface area contributed by atoms with Crippen LogP contribution in [0.5, 0.6) is 0 Å². The Kier molecular flexibility index (Phi) is 3.00. The fourth-order valence-electron chi connectivity index (χ4n) is 0.991. The molecular formula is C9H9N3S2. The van der Waals surface area contributed by atoms with Gasteiger partial charge in [0, 0.05) is 16.4 Å². The Balaban J connectivity index is 1.95. The maximum Gasteiger partial charge on any atom is 0.199 e. The van der Waals surface area contributed by atoms with Gasteiger partial charge in [0.1, 0.15) is 0 Å². The molecule has 72 valence electrons. The van der Waals surface area contributed by atoms with E-state index >= 15 is 0 Å². The third-order valence-electron chi connectivity index (χ3n) is 1.59. The summed E-state index contributed by atoms with van der Waals surface area (Å²) < 4.78 is 4.12. The highest BCUT2D eigenvalue weighted by molar-refractivity contribution is 7.98. The van der Waals surface area contributed by atoms with Crippen LogP contribution in [0.1, 0.15) is 5.82 Å². The average molecular weight is 223 g/mol. The topological polar surface area (TPSA) is 51.8 Å². The third kappa shape index (κ3) is 2.46. The van der Waals surface area contributed by atoms with Gasteiger partial charge in [-0.3, -0.25) is 0 Å². The smallest absolute Gasteiger partial charge is 0.199 e. The molecule has 0 amide bonds. The van der Waals surface area contributed by atoms with Gasteiger partial charge >= 0.3 is 0 Å². The third-order valence-corrected chi connectivity index (χ3v) is 3.18. The molecule has 0 saturated heterocycles. The Labute approximate surface area is 90.5 Å². The van der Waals surface area contributed by atoms with Gasteiger partial charge < -0.3 is 5.73 Å². The standard InChI is InChI=1S/C9H9N3S2/c10-9-11-8(12-14-9)6-13-7-4-2-1-3-5-7/h1-5H,6H2,(H2,10,11,12). The SMILES string of the molecule is Nc1nc(CSc2ccccc2)ns1. The van der Waals surface area contributed by atoms with Gasteiger partial charge in [-0.1, -0.05) is 18.2 Å². The molecule has 0 aliphatic rings. The van der Waals surface area contributed by atoms with E-state index in [-0.39, 0.29) is 0 Å². The molecule has 0 saturated carbocycles. The van der Waals surface area contributed by atoms with Crippen molar-refractivity contribution >= 4 is 28.4 Å². The lowest BCUT2D eigenvalue weighted by atomic mass is 10.4. The van der Waals surface area contributed by atoms with Crippen LogP contribution in [0.4, 0.5) is 5.13 Å². The van der Waals surface area contributed by atoms with Crippen molar-refractivity contribution in [2.45, 2.75) is 10.6 Å². The van der Waals surface area contributed by atoms with Crippen LogP contribution in [0.2, 0.25) is 0 Å². The van der Waals surface area contributed by atoms with Crippen molar-refractivity contribution in [2.24, 2.45) is 0 Å². The van der Waals surface area contributed by atoms with Gasteiger partial charge in [-0.15, -0.1) is 11.8 Å². The molecule has 0 aliphatic heterocycles. The average Bonchev–Trinajstić information content (AvgIpc) is 2.63. The Morgan fingerprint density at radius 1 is 1.29 bits per heavy atom. The summed E-state index contributed by atoms with van der Waals surface area (Å²) in [5.74, 6) is 1.58. The Morgan fingerprint density at radius 3 is 2.71 bits per heavy atom. The minimum atomic E-state index is 0.536. The zero-order valence-corrected chi connectivity index (χ0v) is 9.02. The molecule has 3 nitrogen and oxygen atoms in total. The predicted octanol–water partition coefficient (Wildman–Crippen LogP) is 2.41. The van der Waals surface area contributed by atoms with Gasteiger partial charge in [0.2, 0.25) is 0 Å². The highest BCUT2D eigenvalue weighted by Gasteiger charge is 2.01. The number of nitrogen functional groups attached to an aromatic ring is 1. The van der Waals surface area contributed by atoms with Crippen LogP contribution < -0.4 is 5.73 Å². The summed E-state index contributed by atoms with van der Waals surface area (Å²) >= 11 is 2.96. The van der Waals surface area contributed by atoms with Gasteiger partial charge in [0.25, 0.3) is 0 Å². The van der Waals surface area contributed by atoms with Gasteiger partial charge in [-0.05, 0) is 12.1 Å². The normalized spacial score (nSPS) is 10.3. The number of hydrogen-bond acceptors (Lipinski definition) is 5.